The number of carbonyl (C=O) groups excluding carboxylic acids is 3. The third-order valence-corrected chi connectivity index (χ3v) is 5.83. The molecule has 2 aromatic rings. The first-order chi connectivity index (χ1) is 13.5. The molecule has 1 saturated heterocycles. The van der Waals surface area contributed by atoms with E-state index in [1.54, 1.807) is 40.1 Å². The predicted molar refractivity (Wildman–Crippen MR) is 108 cm³/mol. The molecule has 9 heteroatoms. The van der Waals surface area contributed by atoms with Gasteiger partial charge < -0.3 is 20.9 Å². The van der Waals surface area contributed by atoms with E-state index in [1.807, 2.05) is 11.4 Å². The van der Waals surface area contributed by atoms with Crippen molar-refractivity contribution in [3.8, 4) is 0 Å². The molecular weight excluding hydrogens is 400 g/mol. The smallest absolute Gasteiger partial charge is 0.312 e. The molecule has 3 N–H and O–H groups in total. The third-order valence-electron chi connectivity index (χ3n) is 4.63. The van der Waals surface area contributed by atoms with Gasteiger partial charge in [0, 0.05) is 31.2 Å². The van der Waals surface area contributed by atoms with Crippen LogP contribution in [0.25, 0.3) is 0 Å². The Hall–Kier alpha value is -2.58. The van der Waals surface area contributed by atoms with Gasteiger partial charge in [0.05, 0.1) is 17.3 Å². The molecule has 1 aliphatic heterocycles. The Morgan fingerprint density at radius 3 is 2.36 bits per heavy atom. The van der Waals surface area contributed by atoms with E-state index in [4.69, 9.17) is 17.3 Å². The number of hydrogen-bond donors (Lipinski definition) is 2. The molecular formula is C19H21ClN4O3S. The number of nitrogens with zero attached hydrogens (tertiary/aromatic N) is 2. The monoisotopic (exact) mass is 420 g/mol. The van der Waals surface area contributed by atoms with Crippen LogP contribution < -0.4 is 11.1 Å². The van der Waals surface area contributed by atoms with Gasteiger partial charge in [-0.1, -0.05) is 35.9 Å². The van der Waals surface area contributed by atoms with Crippen molar-refractivity contribution in [3.05, 3.63) is 57.2 Å². The first kappa shape index (κ1) is 20.2. The van der Waals surface area contributed by atoms with Crippen LogP contribution in [-0.2, 0) is 4.79 Å². The molecule has 3 rings (SSSR count). The normalized spacial score (nSPS) is 15.2. The maximum absolute atomic E-state index is 12.8. The van der Waals surface area contributed by atoms with E-state index in [0.717, 1.165) is 0 Å². The number of urea groups is 1. The number of amides is 4. The van der Waals surface area contributed by atoms with E-state index in [2.05, 4.69) is 5.32 Å². The summed E-state index contributed by atoms with van der Waals surface area (Å²) in [5, 5.41) is 4.92. The standard InChI is InChI=1S/C19H21ClN4O3S/c20-14-5-2-1-4-13(14)15(22-19(21)27)12-17(25)23-7-9-24(10-8-23)18(26)16-6-3-11-28-16/h1-6,11,15H,7-10,12H2,(H3,21,22,27)/t15-/m0/s1. The van der Waals surface area contributed by atoms with Crippen molar-refractivity contribution in [2.24, 2.45) is 5.73 Å². The maximum Gasteiger partial charge on any atom is 0.312 e. The van der Waals surface area contributed by atoms with E-state index < -0.39 is 12.1 Å². The molecule has 1 fully saturated rings. The zero-order chi connectivity index (χ0) is 20.1. The lowest BCUT2D eigenvalue weighted by Gasteiger charge is -2.35. The molecule has 2 heterocycles. The van der Waals surface area contributed by atoms with Crippen LogP contribution in [0.1, 0.15) is 27.7 Å². The maximum atomic E-state index is 12.8. The molecule has 0 aliphatic carbocycles. The molecule has 4 amide bonds. The highest BCUT2D eigenvalue weighted by Crippen LogP contribution is 2.26. The molecule has 28 heavy (non-hydrogen) atoms. The van der Waals surface area contributed by atoms with Gasteiger partial charge in [0.15, 0.2) is 0 Å². The van der Waals surface area contributed by atoms with E-state index in [-0.39, 0.29) is 18.2 Å². The summed E-state index contributed by atoms with van der Waals surface area (Å²) < 4.78 is 0. The first-order valence-corrected chi connectivity index (χ1v) is 10.1. The zero-order valence-electron chi connectivity index (χ0n) is 15.1. The van der Waals surface area contributed by atoms with Gasteiger partial charge in [-0.05, 0) is 23.1 Å². The van der Waals surface area contributed by atoms with Crippen LogP contribution in [0.5, 0.6) is 0 Å². The topological polar surface area (TPSA) is 95.7 Å². The van der Waals surface area contributed by atoms with Crippen LogP contribution in [0.2, 0.25) is 5.02 Å². The Morgan fingerprint density at radius 1 is 1.07 bits per heavy atom. The molecule has 1 aromatic heterocycles. The molecule has 148 valence electrons. The average molecular weight is 421 g/mol. The highest BCUT2D eigenvalue weighted by atomic mass is 35.5. The van der Waals surface area contributed by atoms with Crippen LogP contribution in [-0.4, -0.2) is 53.8 Å². The van der Waals surface area contributed by atoms with Gasteiger partial charge in [0.1, 0.15) is 0 Å². The summed E-state index contributed by atoms with van der Waals surface area (Å²) >= 11 is 7.62. The van der Waals surface area contributed by atoms with Gasteiger partial charge in [-0.3, -0.25) is 9.59 Å². The van der Waals surface area contributed by atoms with Gasteiger partial charge >= 0.3 is 6.03 Å². The van der Waals surface area contributed by atoms with Gasteiger partial charge in [0.2, 0.25) is 5.91 Å². The molecule has 0 radical (unpaired) electrons. The van der Waals surface area contributed by atoms with Crippen molar-refractivity contribution >= 4 is 40.8 Å². The highest BCUT2D eigenvalue weighted by Gasteiger charge is 2.28. The SMILES string of the molecule is NC(=O)N[C@@H](CC(=O)N1CCN(C(=O)c2cccs2)CC1)c1ccccc1Cl. The van der Waals surface area contributed by atoms with Crippen molar-refractivity contribution < 1.29 is 14.4 Å². The molecule has 1 aliphatic rings. The molecule has 1 aromatic carbocycles. The van der Waals surface area contributed by atoms with Crippen LogP contribution in [0.15, 0.2) is 41.8 Å². The Labute approximate surface area is 172 Å². The summed E-state index contributed by atoms with van der Waals surface area (Å²) in [4.78, 5) is 40.7. The van der Waals surface area contributed by atoms with Crippen LogP contribution in [0, 0.1) is 0 Å². The fourth-order valence-electron chi connectivity index (χ4n) is 3.19. The Morgan fingerprint density at radius 2 is 1.75 bits per heavy atom. The molecule has 7 nitrogen and oxygen atoms in total. The number of hydrogen-bond acceptors (Lipinski definition) is 4. The fraction of sp³-hybridized carbons (Fsp3) is 0.316. The lowest BCUT2D eigenvalue weighted by atomic mass is 10.0. The number of nitrogens with one attached hydrogen (secondary N) is 1. The quantitative estimate of drug-likeness (QED) is 0.777. The lowest BCUT2D eigenvalue weighted by Crippen LogP contribution is -2.51. The first-order valence-electron chi connectivity index (χ1n) is 8.86. The summed E-state index contributed by atoms with van der Waals surface area (Å²) in [5.74, 6) is -0.131. The Bertz CT molecular complexity index is 851. The predicted octanol–water partition coefficient (Wildman–Crippen LogP) is 2.49. The number of piperazine rings is 1. The van der Waals surface area contributed by atoms with Crippen molar-refractivity contribution in [2.45, 2.75) is 12.5 Å². The van der Waals surface area contributed by atoms with E-state index in [1.165, 1.54) is 11.3 Å². The van der Waals surface area contributed by atoms with Crippen LogP contribution in [0.4, 0.5) is 4.79 Å². The second-order valence-corrected chi connectivity index (χ2v) is 7.79. The van der Waals surface area contributed by atoms with Crippen molar-refractivity contribution in [2.75, 3.05) is 26.2 Å². The molecule has 0 spiro atoms. The Balaban J connectivity index is 1.61. The molecule has 0 saturated carbocycles. The summed E-state index contributed by atoms with van der Waals surface area (Å²) in [7, 11) is 0. The summed E-state index contributed by atoms with van der Waals surface area (Å²) in [6.07, 6.45) is 0.0472. The minimum atomic E-state index is -0.718. The number of rotatable bonds is 5. The van der Waals surface area contributed by atoms with Gasteiger partial charge in [-0.25, -0.2) is 4.79 Å². The van der Waals surface area contributed by atoms with E-state index in [9.17, 15) is 14.4 Å². The summed E-state index contributed by atoms with van der Waals surface area (Å²) in [6.45, 7) is 1.84. The van der Waals surface area contributed by atoms with Crippen molar-refractivity contribution in [1.29, 1.82) is 0 Å². The summed E-state index contributed by atoms with van der Waals surface area (Å²) in [5.41, 5.74) is 5.91. The van der Waals surface area contributed by atoms with Crippen LogP contribution in [0.3, 0.4) is 0 Å². The minimum absolute atomic E-state index is 0.00793. The Kier molecular flexibility index (Phi) is 6.53. The largest absolute Gasteiger partial charge is 0.352 e. The van der Waals surface area contributed by atoms with Gasteiger partial charge in [-0.15, -0.1) is 11.3 Å². The van der Waals surface area contributed by atoms with Crippen LogP contribution >= 0.6 is 22.9 Å². The average Bonchev–Trinajstić information content (AvgIpc) is 3.22. The molecule has 1 atom stereocenters. The van der Waals surface area contributed by atoms with E-state index >= 15 is 0 Å². The van der Waals surface area contributed by atoms with Gasteiger partial charge in [0.25, 0.3) is 5.91 Å². The second-order valence-electron chi connectivity index (χ2n) is 6.44. The zero-order valence-corrected chi connectivity index (χ0v) is 16.7. The number of thiophene rings is 1. The number of nitrogens with two attached hydrogens (primary N) is 1. The van der Waals surface area contributed by atoms with E-state index in [0.29, 0.717) is 41.6 Å². The summed E-state index contributed by atoms with van der Waals surface area (Å²) in [6, 6.07) is 9.34. The minimum Gasteiger partial charge on any atom is -0.352 e. The van der Waals surface area contributed by atoms with Gasteiger partial charge in [-0.2, -0.15) is 0 Å². The second kappa shape index (κ2) is 9.07. The van der Waals surface area contributed by atoms with Crippen molar-refractivity contribution in [1.82, 2.24) is 15.1 Å². The fourth-order valence-corrected chi connectivity index (χ4v) is 4.15. The number of benzene rings is 1. The number of halogens is 1. The number of carbonyl (C=O) groups is 3. The highest BCUT2D eigenvalue weighted by molar-refractivity contribution is 7.12. The molecule has 0 unspecified atom stereocenters. The number of primary amides is 1. The van der Waals surface area contributed by atoms with Crippen molar-refractivity contribution in [3.63, 3.8) is 0 Å². The lowest BCUT2D eigenvalue weighted by molar-refractivity contribution is -0.133. The third kappa shape index (κ3) is 4.82. The molecule has 0 bridgehead atoms.